The van der Waals surface area contributed by atoms with Gasteiger partial charge in [0.15, 0.2) is 4.87 Å². The van der Waals surface area contributed by atoms with E-state index in [2.05, 4.69) is 0 Å². The molecule has 0 saturated heterocycles. The minimum atomic E-state index is -3.73. The van der Waals surface area contributed by atoms with Crippen LogP contribution in [0.1, 0.15) is 17.5 Å². The van der Waals surface area contributed by atoms with E-state index in [4.69, 9.17) is 5.14 Å². The number of nitrogens with zero attached hydrogens (tertiary/aromatic N) is 1. The van der Waals surface area contributed by atoms with Crippen molar-refractivity contribution in [2.75, 3.05) is 14.1 Å². The molecular formula is C12H16N2O2S. The Labute approximate surface area is 102 Å². The number of sulfonamides is 1. The molecule has 0 amide bonds. The van der Waals surface area contributed by atoms with Crippen molar-refractivity contribution in [2.45, 2.75) is 11.3 Å². The molecule has 2 rings (SSSR count). The highest BCUT2D eigenvalue weighted by molar-refractivity contribution is 7.90. The van der Waals surface area contributed by atoms with Crippen molar-refractivity contribution in [1.29, 1.82) is 0 Å². The van der Waals surface area contributed by atoms with Gasteiger partial charge in [0, 0.05) is 6.42 Å². The highest BCUT2D eigenvalue weighted by atomic mass is 32.2. The highest BCUT2D eigenvalue weighted by Crippen LogP contribution is 2.40. The Balaban J connectivity index is 2.77. The van der Waals surface area contributed by atoms with Crippen molar-refractivity contribution in [1.82, 2.24) is 4.90 Å². The zero-order chi connectivity index (χ0) is 12.7. The Hall–Kier alpha value is -1.17. The Morgan fingerprint density at radius 2 is 1.94 bits per heavy atom. The van der Waals surface area contributed by atoms with Crippen LogP contribution < -0.4 is 5.14 Å². The van der Waals surface area contributed by atoms with Crippen molar-refractivity contribution >= 4 is 16.1 Å². The van der Waals surface area contributed by atoms with Crippen LogP contribution in [-0.2, 0) is 14.9 Å². The Morgan fingerprint density at radius 3 is 2.53 bits per heavy atom. The molecule has 17 heavy (non-hydrogen) atoms. The molecule has 0 fully saturated rings. The minimum absolute atomic E-state index is 0.371. The molecule has 1 atom stereocenters. The molecule has 2 N–H and O–H groups in total. The van der Waals surface area contributed by atoms with Crippen molar-refractivity contribution < 1.29 is 8.42 Å². The molecule has 0 bridgehead atoms. The third-order valence-corrected chi connectivity index (χ3v) is 4.96. The maximum absolute atomic E-state index is 12.0. The second kappa shape index (κ2) is 3.94. The summed E-state index contributed by atoms with van der Waals surface area (Å²) in [6.45, 7) is 0. The number of rotatable bonds is 2. The van der Waals surface area contributed by atoms with Crippen LogP contribution in [-0.4, -0.2) is 27.4 Å². The number of hydrogen-bond acceptors (Lipinski definition) is 3. The predicted octanol–water partition coefficient (Wildman–Crippen LogP) is 1.11. The van der Waals surface area contributed by atoms with E-state index in [0.717, 1.165) is 11.1 Å². The lowest BCUT2D eigenvalue weighted by molar-refractivity contribution is 0.242. The summed E-state index contributed by atoms with van der Waals surface area (Å²) in [4.78, 5) is 0.517. The quantitative estimate of drug-likeness (QED) is 0.857. The molecule has 1 aliphatic carbocycles. The van der Waals surface area contributed by atoms with Crippen LogP contribution in [0.3, 0.4) is 0 Å². The van der Waals surface area contributed by atoms with Gasteiger partial charge in [-0.25, -0.2) is 13.6 Å². The molecule has 0 spiro atoms. The molecule has 0 heterocycles. The zero-order valence-corrected chi connectivity index (χ0v) is 10.7. The van der Waals surface area contributed by atoms with Crippen LogP contribution in [0, 0.1) is 0 Å². The van der Waals surface area contributed by atoms with Crippen LogP contribution in [0.4, 0.5) is 0 Å². The molecule has 1 unspecified atom stereocenters. The van der Waals surface area contributed by atoms with E-state index < -0.39 is 14.9 Å². The van der Waals surface area contributed by atoms with Crippen molar-refractivity contribution in [3.63, 3.8) is 0 Å². The number of fused-ring (bicyclic) bond motifs is 1. The molecule has 0 radical (unpaired) electrons. The molecule has 1 aromatic carbocycles. The summed E-state index contributed by atoms with van der Waals surface area (Å²) >= 11 is 0. The number of benzene rings is 1. The number of primary sulfonamides is 1. The van der Waals surface area contributed by atoms with Gasteiger partial charge in [-0.15, -0.1) is 0 Å². The maximum atomic E-state index is 12.0. The summed E-state index contributed by atoms with van der Waals surface area (Å²) in [6.07, 6.45) is 4.16. The SMILES string of the molecule is CN(C)C1(S(N)(=O)=O)CC=Cc2ccccc21. The first-order valence-corrected chi connectivity index (χ1v) is 6.90. The minimum Gasteiger partial charge on any atom is -0.286 e. The van der Waals surface area contributed by atoms with Gasteiger partial charge in [-0.05, 0) is 25.2 Å². The van der Waals surface area contributed by atoms with Gasteiger partial charge in [-0.1, -0.05) is 36.4 Å². The van der Waals surface area contributed by atoms with Gasteiger partial charge in [-0.3, -0.25) is 4.90 Å². The van der Waals surface area contributed by atoms with Gasteiger partial charge in [0.2, 0.25) is 10.0 Å². The molecule has 0 aliphatic heterocycles. The van der Waals surface area contributed by atoms with Crippen molar-refractivity contribution in [3.05, 3.63) is 41.5 Å². The Kier molecular flexibility index (Phi) is 2.85. The second-order valence-corrected chi connectivity index (χ2v) is 6.18. The van der Waals surface area contributed by atoms with Gasteiger partial charge in [0.25, 0.3) is 0 Å². The van der Waals surface area contributed by atoms with Gasteiger partial charge >= 0.3 is 0 Å². The average Bonchev–Trinajstić information content (AvgIpc) is 2.26. The summed E-state index contributed by atoms with van der Waals surface area (Å²) in [5.41, 5.74) is 1.65. The van der Waals surface area contributed by atoms with Crippen LogP contribution in [0.15, 0.2) is 30.3 Å². The molecule has 0 saturated carbocycles. The van der Waals surface area contributed by atoms with Crippen LogP contribution in [0.2, 0.25) is 0 Å². The fraction of sp³-hybridized carbons (Fsp3) is 0.333. The molecule has 4 nitrogen and oxygen atoms in total. The van der Waals surface area contributed by atoms with Crippen LogP contribution in [0.25, 0.3) is 6.08 Å². The second-order valence-electron chi connectivity index (χ2n) is 4.42. The zero-order valence-electron chi connectivity index (χ0n) is 9.92. The van der Waals surface area contributed by atoms with Crippen molar-refractivity contribution in [3.8, 4) is 0 Å². The van der Waals surface area contributed by atoms with Gasteiger partial charge in [0.1, 0.15) is 0 Å². The third kappa shape index (κ3) is 1.71. The summed E-state index contributed by atoms with van der Waals surface area (Å²) in [5, 5.41) is 5.46. The van der Waals surface area contributed by atoms with Gasteiger partial charge in [-0.2, -0.15) is 0 Å². The lowest BCUT2D eigenvalue weighted by Crippen LogP contribution is -2.52. The first kappa shape index (κ1) is 12.3. The lowest BCUT2D eigenvalue weighted by Gasteiger charge is -2.40. The first-order valence-electron chi connectivity index (χ1n) is 5.35. The Morgan fingerprint density at radius 1 is 1.29 bits per heavy atom. The number of hydrogen-bond donors (Lipinski definition) is 1. The molecule has 1 aromatic rings. The van der Waals surface area contributed by atoms with Crippen molar-refractivity contribution in [2.24, 2.45) is 5.14 Å². The monoisotopic (exact) mass is 252 g/mol. The third-order valence-electron chi connectivity index (χ3n) is 3.27. The van der Waals surface area contributed by atoms with E-state index in [1.807, 2.05) is 36.4 Å². The normalized spacial score (nSPS) is 23.8. The Bertz CT molecular complexity index is 564. The van der Waals surface area contributed by atoms with Gasteiger partial charge < -0.3 is 0 Å². The molecule has 92 valence electrons. The molecule has 0 aromatic heterocycles. The van der Waals surface area contributed by atoms with E-state index >= 15 is 0 Å². The highest BCUT2D eigenvalue weighted by Gasteiger charge is 2.46. The maximum Gasteiger partial charge on any atom is 0.232 e. The van der Waals surface area contributed by atoms with Gasteiger partial charge in [0.05, 0.1) is 0 Å². The fourth-order valence-electron chi connectivity index (χ4n) is 2.40. The lowest BCUT2D eigenvalue weighted by atomic mass is 9.91. The topological polar surface area (TPSA) is 63.4 Å². The van der Waals surface area contributed by atoms with E-state index in [-0.39, 0.29) is 0 Å². The van der Waals surface area contributed by atoms with Crippen LogP contribution in [0.5, 0.6) is 0 Å². The number of nitrogens with two attached hydrogens (primary N) is 1. The van der Waals surface area contributed by atoms with Crippen LogP contribution >= 0.6 is 0 Å². The summed E-state index contributed by atoms with van der Waals surface area (Å²) in [7, 11) is -0.253. The van der Waals surface area contributed by atoms with E-state index in [0.29, 0.717) is 6.42 Å². The molecular weight excluding hydrogens is 236 g/mol. The predicted molar refractivity (Wildman–Crippen MR) is 68.6 cm³/mol. The average molecular weight is 252 g/mol. The smallest absolute Gasteiger partial charge is 0.232 e. The molecule has 1 aliphatic rings. The fourth-order valence-corrected chi connectivity index (χ4v) is 3.73. The first-order chi connectivity index (χ1) is 7.89. The largest absolute Gasteiger partial charge is 0.286 e. The summed E-state index contributed by atoms with van der Waals surface area (Å²) in [6, 6.07) is 7.44. The van der Waals surface area contributed by atoms with E-state index in [1.54, 1.807) is 19.0 Å². The summed E-state index contributed by atoms with van der Waals surface area (Å²) < 4.78 is 24.0. The van der Waals surface area contributed by atoms with E-state index in [9.17, 15) is 8.42 Å². The summed E-state index contributed by atoms with van der Waals surface area (Å²) in [5.74, 6) is 0. The van der Waals surface area contributed by atoms with E-state index in [1.165, 1.54) is 0 Å². The standard InChI is InChI=1S/C12H16N2O2S/c1-14(2)12(17(13,15)16)9-5-7-10-6-3-4-8-11(10)12/h3-8H,9H2,1-2H3,(H2,13,15,16). The molecule has 5 heteroatoms.